The van der Waals surface area contributed by atoms with Gasteiger partial charge in [-0.1, -0.05) is 11.6 Å². The molecule has 0 aliphatic carbocycles. The summed E-state index contributed by atoms with van der Waals surface area (Å²) in [5.74, 6) is 0. The number of hydrogen-bond donors (Lipinski definition) is 0. The van der Waals surface area contributed by atoms with Crippen LogP contribution in [0.25, 0.3) is 11.3 Å². The predicted molar refractivity (Wildman–Crippen MR) is 49.7 cm³/mol. The zero-order chi connectivity index (χ0) is 10.1. The second-order valence-electron chi connectivity index (χ2n) is 2.48. The maximum Gasteiger partial charge on any atom is 0.278 e. The van der Waals surface area contributed by atoms with E-state index >= 15 is 0 Å². The molecular weight excluding hydrogens is 230 g/mol. The van der Waals surface area contributed by atoms with E-state index in [4.69, 9.17) is 23.2 Å². The molecule has 0 bridgehead atoms. The Morgan fingerprint density at radius 3 is 2.57 bits per heavy atom. The lowest BCUT2D eigenvalue weighted by Crippen LogP contribution is -1.86. The second-order valence-corrected chi connectivity index (χ2v) is 3.21. The first kappa shape index (κ1) is 9.43. The molecule has 0 atom stereocenters. The normalized spacial score (nSPS) is 10.5. The van der Waals surface area contributed by atoms with E-state index in [0.717, 1.165) is 0 Å². The van der Waals surface area contributed by atoms with E-state index in [0.29, 0.717) is 11.3 Å². The summed E-state index contributed by atoms with van der Waals surface area (Å²) in [6, 6.07) is 1.97. The SMILES string of the molecule is Fc1cc(-c2cc(Cl)nc(Cl)n2)co1. The number of furan rings is 1. The van der Waals surface area contributed by atoms with E-state index in [9.17, 15) is 4.39 Å². The average Bonchev–Trinajstić information content (AvgIpc) is 2.50. The third kappa shape index (κ3) is 1.86. The molecule has 72 valence electrons. The van der Waals surface area contributed by atoms with Crippen molar-refractivity contribution >= 4 is 23.2 Å². The molecule has 0 radical (unpaired) electrons. The van der Waals surface area contributed by atoms with Crippen LogP contribution < -0.4 is 0 Å². The zero-order valence-corrected chi connectivity index (χ0v) is 8.18. The van der Waals surface area contributed by atoms with E-state index < -0.39 is 6.01 Å². The summed E-state index contributed by atoms with van der Waals surface area (Å²) in [6.45, 7) is 0. The number of rotatable bonds is 1. The largest absolute Gasteiger partial charge is 0.439 e. The Kier molecular flexibility index (Phi) is 2.39. The van der Waals surface area contributed by atoms with Gasteiger partial charge < -0.3 is 4.42 Å². The lowest BCUT2D eigenvalue weighted by atomic mass is 10.2. The van der Waals surface area contributed by atoms with Gasteiger partial charge in [0.15, 0.2) is 0 Å². The van der Waals surface area contributed by atoms with Crippen LogP contribution in [0, 0.1) is 6.01 Å². The molecule has 2 aromatic heterocycles. The smallest absolute Gasteiger partial charge is 0.278 e. The Hall–Kier alpha value is -1.13. The summed E-state index contributed by atoms with van der Waals surface area (Å²) in [4.78, 5) is 7.52. The van der Waals surface area contributed by atoms with Gasteiger partial charge in [0.05, 0.1) is 5.69 Å². The van der Waals surface area contributed by atoms with Crippen LogP contribution in [0.5, 0.6) is 0 Å². The molecule has 0 aromatic carbocycles. The topological polar surface area (TPSA) is 38.9 Å². The summed E-state index contributed by atoms with van der Waals surface area (Å²) in [5.41, 5.74) is 0.886. The third-order valence-corrected chi connectivity index (χ3v) is 1.89. The maximum absolute atomic E-state index is 12.5. The summed E-state index contributed by atoms with van der Waals surface area (Å²) >= 11 is 11.2. The van der Waals surface area contributed by atoms with Gasteiger partial charge in [-0.15, -0.1) is 0 Å². The van der Waals surface area contributed by atoms with Crippen LogP contribution >= 0.6 is 23.2 Å². The first-order valence-corrected chi connectivity index (χ1v) is 4.35. The van der Waals surface area contributed by atoms with Crippen LogP contribution in [0.15, 0.2) is 22.8 Å². The van der Waals surface area contributed by atoms with Crippen LogP contribution in [0.2, 0.25) is 10.4 Å². The molecule has 14 heavy (non-hydrogen) atoms. The van der Waals surface area contributed by atoms with E-state index in [2.05, 4.69) is 14.4 Å². The molecule has 2 aromatic rings. The Balaban J connectivity index is 2.51. The molecule has 0 aliphatic rings. The molecule has 0 saturated carbocycles. The van der Waals surface area contributed by atoms with E-state index in [1.54, 1.807) is 0 Å². The van der Waals surface area contributed by atoms with Crippen LogP contribution in [0.1, 0.15) is 0 Å². The van der Waals surface area contributed by atoms with Crippen LogP contribution in [-0.2, 0) is 0 Å². The molecule has 0 saturated heterocycles. The summed E-state index contributed by atoms with van der Waals surface area (Å²) in [6.07, 6.45) is 1.23. The highest BCUT2D eigenvalue weighted by Crippen LogP contribution is 2.22. The average molecular weight is 233 g/mol. The van der Waals surface area contributed by atoms with Gasteiger partial charge in [-0.05, 0) is 11.6 Å². The van der Waals surface area contributed by atoms with E-state index in [1.165, 1.54) is 18.4 Å². The Bertz CT molecular complexity index is 452. The van der Waals surface area contributed by atoms with Crippen LogP contribution in [-0.4, -0.2) is 9.97 Å². The monoisotopic (exact) mass is 232 g/mol. The molecule has 3 nitrogen and oxygen atoms in total. The highest BCUT2D eigenvalue weighted by Gasteiger charge is 2.07. The van der Waals surface area contributed by atoms with E-state index in [1.807, 2.05) is 0 Å². The standard InChI is InChI=1S/C8H3Cl2FN2O/c9-6-2-5(12-8(10)13-6)4-1-7(11)14-3-4/h1-3H. The fraction of sp³-hybridized carbons (Fsp3) is 0. The lowest BCUT2D eigenvalue weighted by molar-refractivity contribution is 0.359. The summed E-state index contributed by atoms with van der Waals surface area (Å²) < 4.78 is 17.0. The fourth-order valence-corrected chi connectivity index (χ4v) is 1.39. The number of aromatic nitrogens is 2. The van der Waals surface area contributed by atoms with Crippen molar-refractivity contribution in [3.05, 3.63) is 34.8 Å². The molecular formula is C8H3Cl2FN2O. The van der Waals surface area contributed by atoms with Crippen molar-refractivity contribution in [1.29, 1.82) is 0 Å². The van der Waals surface area contributed by atoms with Gasteiger partial charge in [-0.3, -0.25) is 0 Å². The number of halogens is 3. The van der Waals surface area contributed by atoms with Crippen molar-refractivity contribution in [2.75, 3.05) is 0 Å². The minimum absolute atomic E-state index is 0.00843. The minimum atomic E-state index is -0.689. The van der Waals surface area contributed by atoms with Crippen molar-refractivity contribution < 1.29 is 8.81 Å². The van der Waals surface area contributed by atoms with Gasteiger partial charge in [-0.2, -0.15) is 4.39 Å². The third-order valence-electron chi connectivity index (χ3n) is 1.53. The van der Waals surface area contributed by atoms with Gasteiger partial charge >= 0.3 is 0 Å². The number of nitrogens with zero attached hydrogens (tertiary/aromatic N) is 2. The van der Waals surface area contributed by atoms with Crippen LogP contribution in [0.4, 0.5) is 4.39 Å². The second kappa shape index (κ2) is 3.55. The van der Waals surface area contributed by atoms with Gasteiger partial charge in [-0.25, -0.2) is 9.97 Å². The zero-order valence-electron chi connectivity index (χ0n) is 6.67. The molecule has 2 heterocycles. The lowest BCUT2D eigenvalue weighted by Gasteiger charge is -1.96. The maximum atomic E-state index is 12.5. The van der Waals surface area contributed by atoms with Gasteiger partial charge in [0, 0.05) is 17.7 Å². The molecule has 0 N–H and O–H groups in total. The number of hydrogen-bond acceptors (Lipinski definition) is 3. The quantitative estimate of drug-likeness (QED) is 0.560. The van der Waals surface area contributed by atoms with Gasteiger partial charge in [0.25, 0.3) is 6.01 Å². The molecule has 0 spiro atoms. The van der Waals surface area contributed by atoms with Crippen LogP contribution in [0.3, 0.4) is 0 Å². The van der Waals surface area contributed by atoms with Gasteiger partial charge in [0.2, 0.25) is 5.28 Å². The molecule has 2 rings (SSSR count). The molecule has 6 heteroatoms. The van der Waals surface area contributed by atoms with Crippen molar-refractivity contribution in [3.63, 3.8) is 0 Å². The highest BCUT2D eigenvalue weighted by atomic mass is 35.5. The first-order valence-electron chi connectivity index (χ1n) is 3.59. The molecule has 0 unspecified atom stereocenters. The minimum Gasteiger partial charge on any atom is -0.439 e. The predicted octanol–water partition coefficient (Wildman–Crippen LogP) is 3.18. The van der Waals surface area contributed by atoms with Crippen molar-refractivity contribution in [2.45, 2.75) is 0 Å². The molecule has 0 fully saturated rings. The summed E-state index contributed by atoms with van der Waals surface area (Å²) in [7, 11) is 0. The van der Waals surface area contributed by atoms with Crippen molar-refractivity contribution in [2.24, 2.45) is 0 Å². The first-order chi connectivity index (χ1) is 6.65. The fourth-order valence-electron chi connectivity index (χ4n) is 0.982. The molecule has 0 amide bonds. The highest BCUT2D eigenvalue weighted by molar-refractivity contribution is 6.32. The summed E-state index contributed by atoms with van der Waals surface area (Å²) in [5, 5.41) is 0.204. The Morgan fingerprint density at radius 1 is 1.21 bits per heavy atom. The van der Waals surface area contributed by atoms with Gasteiger partial charge in [0.1, 0.15) is 11.4 Å². The Labute approximate surface area is 88.5 Å². The van der Waals surface area contributed by atoms with E-state index in [-0.39, 0.29) is 10.4 Å². The van der Waals surface area contributed by atoms with Crippen molar-refractivity contribution in [1.82, 2.24) is 9.97 Å². The van der Waals surface area contributed by atoms with Crippen molar-refractivity contribution in [3.8, 4) is 11.3 Å². The molecule has 0 aliphatic heterocycles. The Morgan fingerprint density at radius 2 is 2.00 bits per heavy atom.